The molecule has 0 saturated carbocycles. The van der Waals surface area contributed by atoms with Gasteiger partial charge in [0.15, 0.2) is 0 Å². The van der Waals surface area contributed by atoms with Gasteiger partial charge >= 0.3 is 0 Å². The van der Waals surface area contributed by atoms with Crippen LogP contribution in [-0.2, 0) is 6.42 Å². The molecule has 21 heavy (non-hydrogen) atoms. The fourth-order valence-corrected chi connectivity index (χ4v) is 4.18. The molecular weight excluding hydrogens is 274 g/mol. The van der Waals surface area contributed by atoms with E-state index < -0.39 is 0 Å². The van der Waals surface area contributed by atoms with Crippen molar-refractivity contribution in [3.05, 3.63) is 71.8 Å². The van der Waals surface area contributed by atoms with Gasteiger partial charge < -0.3 is 5.32 Å². The van der Waals surface area contributed by atoms with Gasteiger partial charge in [0.1, 0.15) is 0 Å². The molecule has 2 heteroatoms. The lowest BCUT2D eigenvalue weighted by molar-refractivity contribution is 0.456. The number of hydrogen-bond acceptors (Lipinski definition) is 2. The van der Waals surface area contributed by atoms with Crippen LogP contribution in [0.3, 0.4) is 0 Å². The average Bonchev–Trinajstić information content (AvgIpc) is 3.07. The van der Waals surface area contributed by atoms with Crippen LogP contribution in [0.5, 0.6) is 0 Å². The molecule has 0 amide bonds. The summed E-state index contributed by atoms with van der Waals surface area (Å²) >= 11 is 2.09. The minimum absolute atomic E-state index is 0.416. The molecule has 0 bridgehead atoms. The quantitative estimate of drug-likeness (QED) is 0.852. The summed E-state index contributed by atoms with van der Waals surface area (Å²) in [5.74, 6) is 3.50. The molecule has 2 unspecified atom stereocenters. The summed E-state index contributed by atoms with van der Waals surface area (Å²) in [4.78, 5) is 0. The number of thioether (sulfide) groups is 1. The SMILES string of the molecule is c1ccc(CC(NCC2CCSC2)c2ccccc2)cc1. The van der Waals surface area contributed by atoms with E-state index in [1.807, 2.05) is 0 Å². The fourth-order valence-electron chi connectivity index (χ4n) is 2.90. The lowest BCUT2D eigenvalue weighted by atomic mass is 9.98. The van der Waals surface area contributed by atoms with Crippen molar-refractivity contribution in [3.8, 4) is 0 Å². The summed E-state index contributed by atoms with van der Waals surface area (Å²) in [5, 5.41) is 3.81. The zero-order valence-corrected chi connectivity index (χ0v) is 13.2. The maximum absolute atomic E-state index is 3.81. The zero-order valence-electron chi connectivity index (χ0n) is 12.4. The van der Waals surface area contributed by atoms with Gasteiger partial charge in [-0.15, -0.1) is 0 Å². The predicted molar refractivity (Wildman–Crippen MR) is 92.8 cm³/mol. The summed E-state index contributed by atoms with van der Waals surface area (Å²) in [6, 6.07) is 22.1. The van der Waals surface area contributed by atoms with Crippen LogP contribution in [0.1, 0.15) is 23.6 Å². The van der Waals surface area contributed by atoms with Crippen molar-refractivity contribution in [2.45, 2.75) is 18.9 Å². The number of nitrogens with one attached hydrogen (secondary N) is 1. The molecule has 2 atom stereocenters. The normalized spacial score (nSPS) is 19.5. The number of hydrogen-bond donors (Lipinski definition) is 1. The van der Waals surface area contributed by atoms with Gasteiger partial charge in [0, 0.05) is 6.04 Å². The highest BCUT2D eigenvalue weighted by Gasteiger charge is 2.18. The Labute approximate surface area is 132 Å². The van der Waals surface area contributed by atoms with Crippen LogP contribution in [0, 0.1) is 5.92 Å². The Morgan fingerprint density at radius 2 is 1.71 bits per heavy atom. The van der Waals surface area contributed by atoms with Gasteiger partial charge in [0.25, 0.3) is 0 Å². The second kappa shape index (κ2) is 7.67. The molecule has 2 aromatic rings. The summed E-state index contributed by atoms with van der Waals surface area (Å²) in [5.41, 5.74) is 2.80. The van der Waals surface area contributed by atoms with Crippen molar-refractivity contribution < 1.29 is 0 Å². The topological polar surface area (TPSA) is 12.0 Å². The molecule has 1 saturated heterocycles. The number of rotatable bonds is 6. The minimum atomic E-state index is 0.416. The van der Waals surface area contributed by atoms with E-state index in [4.69, 9.17) is 0 Å². The first-order valence-electron chi connectivity index (χ1n) is 7.82. The van der Waals surface area contributed by atoms with Crippen molar-refractivity contribution in [1.82, 2.24) is 5.32 Å². The van der Waals surface area contributed by atoms with Gasteiger partial charge in [-0.05, 0) is 47.9 Å². The van der Waals surface area contributed by atoms with Crippen molar-refractivity contribution >= 4 is 11.8 Å². The van der Waals surface area contributed by atoms with Crippen molar-refractivity contribution in [1.29, 1.82) is 0 Å². The van der Waals surface area contributed by atoms with E-state index in [9.17, 15) is 0 Å². The van der Waals surface area contributed by atoms with Gasteiger partial charge in [0.2, 0.25) is 0 Å². The molecule has 0 spiro atoms. The predicted octanol–water partition coefficient (Wildman–Crippen LogP) is 4.31. The first-order chi connectivity index (χ1) is 10.4. The molecule has 0 aliphatic carbocycles. The highest BCUT2D eigenvalue weighted by atomic mass is 32.2. The molecule has 1 aliphatic rings. The Balaban J connectivity index is 1.68. The smallest absolute Gasteiger partial charge is 0.0360 e. The summed E-state index contributed by atoms with van der Waals surface area (Å²) in [6.07, 6.45) is 2.43. The first-order valence-corrected chi connectivity index (χ1v) is 8.97. The van der Waals surface area contributed by atoms with E-state index in [1.54, 1.807) is 0 Å². The van der Waals surface area contributed by atoms with Gasteiger partial charge in [-0.25, -0.2) is 0 Å². The van der Waals surface area contributed by atoms with E-state index in [2.05, 4.69) is 77.7 Å². The van der Waals surface area contributed by atoms with E-state index in [1.165, 1.54) is 29.1 Å². The average molecular weight is 297 g/mol. The zero-order chi connectivity index (χ0) is 14.3. The third-order valence-corrected chi connectivity index (χ3v) is 5.39. The molecule has 1 nitrogen and oxygen atoms in total. The van der Waals surface area contributed by atoms with Crippen LogP contribution in [-0.4, -0.2) is 18.1 Å². The maximum atomic E-state index is 3.81. The van der Waals surface area contributed by atoms with Crippen LogP contribution in [0.2, 0.25) is 0 Å². The standard InChI is InChI=1S/C19H23NS/c1-3-7-16(8-4-1)13-19(18-9-5-2-6-10-18)20-14-17-11-12-21-15-17/h1-10,17,19-20H,11-15H2. The van der Waals surface area contributed by atoms with E-state index in [0.29, 0.717) is 6.04 Å². The highest BCUT2D eigenvalue weighted by Crippen LogP contribution is 2.24. The largest absolute Gasteiger partial charge is 0.309 e. The van der Waals surface area contributed by atoms with Gasteiger partial charge in [-0.2, -0.15) is 11.8 Å². The second-order valence-corrected chi connectivity index (χ2v) is 6.94. The molecule has 1 heterocycles. The van der Waals surface area contributed by atoms with Crippen molar-refractivity contribution in [2.24, 2.45) is 5.92 Å². The molecule has 110 valence electrons. The Morgan fingerprint density at radius 1 is 1.00 bits per heavy atom. The molecule has 0 radical (unpaired) electrons. The molecule has 0 aromatic heterocycles. The Hall–Kier alpha value is -1.25. The van der Waals surface area contributed by atoms with Crippen LogP contribution in [0.4, 0.5) is 0 Å². The van der Waals surface area contributed by atoms with E-state index >= 15 is 0 Å². The fraction of sp³-hybridized carbons (Fsp3) is 0.368. The minimum Gasteiger partial charge on any atom is -0.309 e. The Kier molecular flexibility index (Phi) is 5.36. The van der Waals surface area contributed by atoms with Crippen molar-refractivity contribution in [2.75, 3.05) is 18.1 Å². The lowest BCUT2D eigenvalue weighted by Gasteiger charge is -2.21. The van der Waals surface area contributed by atoms with Crippen LogP contribution in [0.15, 0.2) is 60.7 Å². The van der Waals surface area contributed by atoms with Crippen LogP contribution >= 0.6 is 11.8 Å². The van der Waals surface area contributed by atoms with E-state index in [0.717, 1.165) is 18.9 Å². The maximum Gasteiger partial charge on any atom is 0.0360 e. The highest BCUT2D eigenvalue weighted by molar-refractivity contribution is 7.99. The van der Waals surface area contributed by atoms with Crippen LogP contribution < -0.4 is 5.32 Å². The lowest BCUT2D eigenvalue weighted by Crippen LogP contribution is -2.28. The van der Waals surface area contributed by atoms with Gasteiger partial charge in [-0.3, -0.25) is 0 Å². The molecule has 1 fully saturated rings. The molecule has 1 N–H and O–H groups in total. The van der Waals surface area contributed by atoms with E-state index in [-0.39, 0.29) is 0 Å². The van der Waals surface area contributed by atoms with Crippen LogP contribution in [0.25, 0.3) is 0 Å². The summed E-state index contributed by atoms with van der Waals surface area (Å²) in [6.45, 7) is 1.14. The van der Waals surface area contributed by atoms with Gasteiger partial charge in [0.05, 0.1) is 0 Å². The molecular formula is C19H23NS. The Morgan fingerprint density at radius 3 is 2.38 bits per heavy atom. The number of benzene rings is 2. The van der Waals surface area contributed by atoms with Crippen molar-refractivity contribution in [3.63, 3.8) is 0 Å². The molecule has 1 aliphatic heterocycles. The monoisotopic (exact) mass is 297 g/mol. The summed E-state index contributed by atoms with van der Waals surface area (Å²) < 4.78 is 0. The molecule has 2 aromatic carbocycles. The van der Waals surface area contributed by atoms with Gasteiger partial charge in [-0.1, -0.05) is 60.7 Å². The Bertz CT molecular complexity index is 520. The second-order valence-electron chi connectivity index (χ2n) is 5.79. The first kappa shape index (κ1) is 14.7. The molecule has 3 rings (SSSR count). The third-order valence-electron chi connectivity index (χ3n) is 4.16. The summed E-state index contributed by atoms with van der Waals surface area (Å²) in [7, 11) is 0. The third kappa shape index (κ3) is 4.36.